The summed E-state index contributed by atoms with van der Waals surface area (Å²) in [6.45, 7) is 1.70. The molecule has 0 aliphatic heterocycles. The van der Waals surface area contributed by atoms with Gasteiger partial charge in [0.05, 0.1) is 11.9 Å². The zero-order valence-corrected chi connectivity index (χ0v) is 8.33. The van der Waals surface area contributed by atoms with Crippen molar-refractivity contribution < 1.29 is 10.4 Å². The van der Waals surface area contributed by atoms with Crippen LogP contribution >= 0.6 is 0 Å². The first-order valence-corrected chi connectivity index (χ1v) is 4.40. The van der Waals surface area contributed by atoms with Crippen molar-refractivity contribution in [3.8, 4) is 0 Å². The van der Waals surface area contributed by atoms with E-state index in [0.29, 0.717) is 5.71 Å². The molecule has 78 valence electrons. The third-order valence-corrected chi connectivity index (χ3v) is 1.82. The summed E-state index contributed by atoms with van der Waals surface area (Å²) in [5, 5.41) is 22.7. The molecule has 0 aliphatic rings. The predicted molar refractivity (Wildman–Crippen MR) is 59.8 cm³/mol. The lowest BCUT2D eigenvalue weighted by Crippen LogP contribution is -1.84. The molecule has 15 heavy (non-hydrogen) atoms. The molecule has 0 saturated heterocycles. The molecule has 0 saturated carbocycles. The Labute approximate surface area is 87.9 Å². The van der Waals surface area contributed by atoms with Gasteiger partial charge in [-0.3, -0.25) is 0 Å². The largest absolute Gasteiger partial charge is 0.411 e. The smallest absolute Gasteiger partial charge is 0.0765 e. The number of benzene rings is 1. The molecule has 1 aromatic rings. The Hall–Kier alpha value is -2.10. The molecule has 0 aromatic heterocycles. The number of hydrogen-bond acceptors (Lipinski definition) is 4. The molecule has 4 nitrogen and oxygen atoms in total. The fraction of sp³-hybridized carbons (Fsp3) is 0.0909. The highest BCUT2D eigenvalue weighted by molar-refractivity contribution is 5.95. The fourth-order valence-electron chi connectivity index (χ4n) is 1.01. The van der Waals surface area contributed by atoms with Crippen LogP contribution < -0.4 is 0 Å². The maximum absolute atomic E-state index is 8.42. The van der Waals surface area contributed by atoms with Crippen LogP contribution in [0.2, 0.25) is 0 Å². The molecule has 4 heteroatoms. The Morgan fingerprint density at radius 1 is 1.13 bits per heavy atom. The van der Waals surface area contributed by atoms with Crippen LogP contribution in [0.1, 0.15) is 18.1 Å². The monoisotopic (exact) mass is 204 g/mol. The molecule has 0 aliphatic carbocycles. The molecule has 0 heterocycles. The van der Waals surface area contributed by atoms with Crippen molar-refractivity contribution in [3.05, 3.63) is 41.5 Å². The highest BCUT2D eigenvalue weighted by Gasteiger charge is 1.89. The Morgan fingerprint density at radius 3 is 2.27 bits per heavy atom. The molecule has 0 spiro atoms. The Morgan fingerprint density at radius 2 is 1.73 bits per heavy atom. The molecular formula is C11H12N2O2. The summed E-state index contributed by atoms with van der Waals surface area (Å²) in [5.41, 5.74) is 2.34. The van der Waals surface area contributed by atoms with Gasteiger partial charge in [-0.25, -0.2) is 0 Å². The quantitative estimate of drug-likeness (QED) is 0.451. The van der Waals surface area contributed by atoms with Gasteiger partial charge in [-0.1, -0.05) is 40.7 Å². The lowest BCUT2D eigenvalue weighted by atomic mass is 10.1. The van der Waals surface area contributed by atoms with Crippen LogP contribution in [0.3, 0.4) is 0 Å². The van der Waals surface area contributed by atoms with Gasteiger partial charge in [0.1, 0.15) is 0 Å². The standard InChI is InChI=1S/C11H12N2O2/c1-9(13-15)2-3-10-4-6-11(7-5-10)8-12-14/h2-8,14-15H,1H3. The van der Waals surface area contributed by atoms with Crippen LogP contribution in [-0.4, -0.2) is 22.3 Å². The molecule has 0 amide bonds. The second-order valence-corrected chi connectivity index (χ2v) is 2.99. The normalized spacial score (nSPS) is 12.7. The van der Waals surface area contributed by atoms with E-state index < -0.39 is 0 Å². The topological polar surface area (TPSA) is 65.2 Å². The maximum atomic E-state index is 8.42. The van der Waals surface area contributed by atoms with Gasteiger partial charge < -0.3 is 10.4 Å². The summed E-state index contributed by atoms with van der Waals surface area (Å²) >= 11 is 0. The second-order valence-electron chi connectivity index (χ2n) is 2.99. The van der Waals surface area contributed by atoms with Gasteiger partial charge in [-0.05, 0) is 24.1 Å². The van der Waals surface area contributed by atoms with E-state index >= 15 is 0 Å². The van der Waals surface area contributed by atoms with Crippen molar-refractivity contribution in [1.29, 1.82) is 0 Å². The first-order chi connectivity index (χ1) is 7.26. The highest BCUT2D eigenvalue weighted by Crippen LogP contribution is 2.04. The number of allylic oxidation sites excluding steroid dienone is 1. The molecule has 0 radical (unpaired) electrons. The summed E-state index contributed by atoms with van der Waals surface area (Å²) in [6.07, 6.45) is 4.89. The van der Waals surface area contributed by atoms with Gasteiger partial charge >= 0.3 is 0 Å². The van der Waals surface area contributed by atoms with Gasteiger partial charge in [0.15, 0.2) is 0 Å². The second kappa shape index (κ2) is 5.59. The highest BCUT2D eigenvalue weighted by atomic mass is 16.4. The van der Waals surface area contributed by atoms with Crippen molar-refractivity contribution in [1.82, 2.24) is 0 Å². The molecular weight excluding hydrogens is 192 g/mol. The van der Waals surface area contributed by atoms with Crippen molar-refractivity contribution in [2.24, 2.45) is 10.3 Å². The molecule has 0 bridgehead atoms. The first kappa shape index (κ1) is 11.0. The third kappa shape index (κ3) is 3.64. The number of rotatable bonds is 3. The van der Waals surface area contributed by atoms with Crippen LogP contribution in [0.5, 0.6) is 0 Å². The molecule has 1 rings (SSSR count). The van der Waals surface area contributed by atoms with Crippen molar-refractivity contribution in [3.63, 3.8) is 0 Å². The fourth-order valence-corrected chi connectivity index (χ4v) is 1.01. The summed E-state index contributed by atoms with van der Waals surface area (Å²) in [4.78, 5) is 0. The zero-order chi connectivity index (χ0) is 11.1. The minimum atomic E-state index is 0.538. The lowest BCUT2D eigenvalue weighted by molar-refractivity contribution is 0.319. The SMILES string of the molecule is CC(C=Cc1ccc(C=NO)cc1)=NO. The van der Waals surface area contributed by atoms with Crippen LogP contribution in [0.15, 0.2) is 40.7 Å². The van der Waals surface area contributed by atoms with E-state index in [1.807, 2.05) is 30.3 Å². The molecule has 0 atom stereocenters. The van der Waals surface area contributed by atoms with E-state index in [2.05, 4.69) is 10.3 Å². The number of nitrogens with zero attached hydrogens (tertiary/aromatic N) is 2. The average Bonchev–Trinajstić information content (AvgIpc) is 2.28. The van der Waals surface area contributed by atoms with E-state index in [0.717, 1.165) is 11.1 Å². The summed E-state index contributed by atoms with van der Waals surface area (Å²) in [5.74, 6) is 0. The molecule has 0 unspecified atom stereocenters. The van der Waals surface area contributed by atoms with Gasteiger partial charge in [-0.2, -0.15) is 0 Å². The molecule has 1 aromatic carbocycles. The average molecular weight is 204 g/mol. The summed E-state index contributed by atoms with van der Waals surface area (Å²) in [6, 6.07) is 7.39. The Kier molecular flexibility index (Phi) is 4.09. The minimum absolute atomic E-state index is 0.538. The van der Waals surface area contributed by atoms with Crippen LogP contribution in [0.25, 0.3) is 6.08 Å². The first-order valence-electron chi connectivity index (χ1n) is 4.40. The van der Waals surface area contributed by atoms with Crippen LogP contribution in [0.4, 0.5) is 0 Å². The Bertz CT molecular complexity index is 392. The van der Waals surface area contributed by atoms with Crippen LogP contribution in [-0.2, 0) is 0 Å². The number of hydrogen-bond donors (Lipinski definition) is 2. The lowest BCUT2D eigenvalue weighted by Gasteiger charge is -1.94. The summed E-state index contributed by atoms with van der Waals surface area (Å²) < 4.78 is 0. The van der Waals surface area contributed by atoms with E-state index in [1.165, 1.54) is 6.21 Å². The zero-order valence-electron chi connectivity index (χ0n) is 8.33. The molecule has 2 N–H and O–H groups in total. The van der Waals surface area contributed by atoms with Crippen molar-refractivity contribution in [2.75, 3.05) is 0 Å². The third-order valence-electron chi connectivity index (χ3n) is 1.82. The number of oxime groups is 2. The van der Waals surface area contributed by atoms with E-state index in [9.17, 15) is 0 Å². The van der Waals surface area contributed by atoms with Gasteiger partial charge in [0.2, 0.25) is 0 Å². The maximum Gasteiger partial charge on any atom is 0.0765 e. The van der Waals surface area contributed by atoms with Crippen LogP contribution in [0, 0.1) is 0 Å². The predicted octanol–water partition coefficient (Wildman–Crippen LogP) is 2.36. The van der Waals surface area contributed by atoms with E-state index in [-0.39, 0.29) is 0 Å². The molecule has 0 fully saturated rings. The van der Waals surface area contributed by atoms with Gasteiger partial charge in [0, 0.05) is 0 Å². The van der Waals surface area contributed by atoms with Crippen molar-refractivity contribution >= 4 is 18.0 Å². The van der Waals surface area contributed by atoms with E-state index in [1.54, 1.807) is 13.0 Å². The van der Waals surface area contributed by atoms with Gasteiger partial charge in [-0.15, -0.1) is 0 Å². The van der Waals surface area contributed by atoms with Gasteiger partial charge in [0.25, 0.3) is 0 Å². The summed E-state index contributed by atoms with van der Waals surface area (Å²) in [7, 11) is 0. The Balaban J connectivity index is 2.77. The minimum Gasteiger partial charge on any atom is -0.411 e. The van der Waals surface area contributed by atoms with E-state index in [4.69, 9.17) is 10.4 Å². The van der Waals surface area contributed by atoms with Crippen molar-refractivity contribution in [2.45, 2.75) is 6.92 Å².